The lowest BCUT2D eigenvalue weighted by atomic mass is 10.0. The van der Waals surface area contributed by atoms with Crippen molar-refractivity contribution in [1.82, 2.24) is 15.2 Å². The van der Waals surface area contributed by atoms with Gasteiger partial charge in [0, 0.05) is 11.1 Å². The number of hydrogen-bond donors (Lipinski definition) is 0. The fraction of sp³-hybridized carbons (Fsp3) is 0.200. The van der Waals surface area contributed by atoms with Crippen molar-refractivity contribution >= 4 is 5.78 Å². The van der Waals surface area contributed by atoms with Gasteiger partial charge in [-0.3, -0.25) is 4.79 Å². The van der Waals surface area contributed by atoms with E-state index in [0.29, 0.717) is 28.5 Å². The molecule has 0 fully saturated rings. The smallest absolute Gasteiger partial charge is 0.169 e. The van der Waals surface area contributed by atoms with E-state index in [4.69, 9.17) is 14.2 Å². The van der Waals surface area contributed by atoms with Crippen LogP contribution in [0.2, 0.25) is 0 Å². The summed E-state index contributed by atoms with van der Waals surface area (Å²) in [6.07, 6.45) is 1.43. The van der Waals surface area contributed by atoms with E-state index in [1.54, 1.807) is 32.4 Å². The average Bonchev–Trinajstić information content (AvgIpc) is 2.73. The van der Waals surface area contributed by atoms with Gasteiger partial charge in [0.05, 0.1) is 33.4 Å². The van der Waals surface area contributed by atoms with Crippen LogP contribution < -0.4 is 14.2 Å². The maximum Gasteiger partial charge on any atom is 0.169 e. The van der Waals surface area contributed by atoms with Crippen LogP contribution in [-0.2, 0) is 6.42 Å². The van der Waals surface area contributed by atoms with Gasteiger partial charge in [-0.25, -0.2) is 4.98 Å². The van der Waals surface area contributed by atoms with Crippen molar-refractivity contribution in [3.63, 3.8) is 0 Å². The molecule has 0 aliphatic heterocycles. The number of aromatic nitrogens is 3. The van der Waals surface area contributed by atoms with Gasteiger partial charge in [0.25, 0.3) is 0 Å². The Bertz CT molecular complexity index is 942. The lowest BCUT2D eigenvalue weighted by molar-refractivity contribution is 0.0991. The standard InChI is InChI=1S/C20H19N3O4/c1-25-15-7-4-13(5-8-15)20-16(21-12-22-23-20)11-17(24)14-6-9-18(26-2)19(10-14)27-3/h4-10,12H,11H2,1-3H3. The Labute approximate surface area is 156 Å². The van der Waals surface area contributed by atoms with Gasteiger partial charge in [0.1, 0.15) is 17.8 Å². The molecule has 138 valence electrons. The van der Waals surface area contributed by atoms with E-state index in [1.165, 1.54) is 13.4 Å². The molecule has 0 saturated carbocycles. The highest BCUT2D eigenvalue weighted by Crippen LogP contribution is 2.28. The highest BCUT2D eigenvalue weighted by atomic mass is 16.5. The molecule has 0 amide bonds. The number of carbonyl (C=O) groups excluding carboxylic acids is 1. The minimum absolute atomic E-state index is 0.0896. The molecule has 2 aromatic carbocycles. The Morgan fingerprint density at radius 3 is 2.33 bits per heavy atom. The third kappa shape index (κ3) is 4.03. The van der Waals surface area contributed by atoms with E-state index in [0.717, 1.165) is 11.3 Å². The zero-order chi connectivity index (χ0) is 19.2. The van der Waals surface area contributed by atoms with E-state index in [2.05, 4.69) is 15.2 Å². The van der Waals surface area contributed by atoms with Crippen molar-refractivity contribution in [2.75, 3.05) is 21.3 Å². The van der Waals surface area contributed by atoms with Crippen LogP contribution >= 0.6 is 0 Å². The Morgan fingerprint density at radius 1 is 0.926 bits per heavy atom. The summed E-state index contributed by atoms with van der Waals surface area (Å²) in [6, 6.07) is 12.4. The third-order valence-corrected chi connectivity index (χ3v) is 4.09. The molecule has 27 heavy (non-hydrogen) atoms. The topological polar surface area (TPSA) is 83.4 Å². The summed E-state index contributed by atoms with van der Waals surface area (Å²) in [5.74, 6) is 1.70. The van der Waals surface area contributed by atoms with Gasteiger partial charge in [0.2, 0.25) is 0 Å². The van der Waals surface area contributed by atoms with Gasteiger partial charge >= 0.3 is 0 Å². The first-order valence-electron chi connectivity index (χ1n) is 8.22. The quantitative estimate of drug-likeness (QED) is 0.595. The fourth-order valence-electron chi connectivity index (χ4n) is 2.66. The number of ether oxygens (including phenoxy) is 3. The number of Topliss-reactive ketones (excluding diaryl/α,β-unsaturated/α-hetero) is 1. The van der Waals surface area contributed by atoms with E-state index >= 15 is 0 Å². The number of methoxy groups -OCH3 is 3. The monoisotopic (exact) mass is 365 g/mol. The molecule has 7 heteroatoms. The van der Waals surface area contributed by atoms with Gasteiger partial charge in [-0.1, -0.05) is 0 Å². The number of hydrogen-bond acceptors (Lipinski definition) is 7. The van der Waals surface area contributed by atoms with Crippen LogP contribution in [0.1, 0.15) is 16.1 Å². The van der Waals surface area contributed by atoms with Crippen LogP contribution in [0.5, 0.6) is 17.2 Å². The molecule has 0 spiro atoms. The first kappa shape index (κ1) is 18.3. The van der Waals surface area contributed by atoms with Gasteiger partial charge in [-0.2, -0.15) is 0 Å². The minimum Gasteiger partial charge on any atom is -0.497 e. The van der Waals surface area contributed by atoms with Crippen LogP contribution in [0.25, 0.3) is 11.3 Å². The largest absolute Gasteiger partial charge is 0.497 e. The maximum absolute atomic E-state index is 12.8. The molecular formula is C20H19N3O4. The summed E-state index contributed by atoms with van der Waals surface area (Å²) < 4.78 is 15.6. The van der Waals surface area contributed by atoms with Crippen LogP contribution in [0.4, 0.5) is 0 Å². The van der Waals surface area contributed by atoms with Crippen molar-refractivity contribution < 1.29 is 19.0 Å². The summed E-state index contributed by atoms with van der Waals surface area (Å²) in [5.41, 5.74) is 2.43. The predicted octanol–water partition coefficient (Wildman–Crippen LogP) is 2.99. The van der Waals surface area contributed by atoms with Crippen molar-refractivity contribution in [1.29, 1.82) is 0 Å². The summed E-state index contributed by atoms with van der Waals surface area (Å²) >= 11 is 0. The van der Waals surface area contributed by atoms with E-state index in [9.17, 15) is 4.79 Å². The SMILES string of the molecule is COc1ccc(-c2nncnc2CC(=O)c2ccc(OC)c(OC)c2)cc1. The van der Waals surface area contributed by atoms with Crippen LogP contribution in [-0.4, -0.2) is 42.3 Å². The van der Waals surface area contributed by atoms with Crippen molar-refractivity contribution in [2.24, 2.45) is 0 Å². The molecule has 0 aliphatic carbocycles. The van der Waals surface area contributed by atoms with Crippen LogP contribution in [0.15, 0.2) is 48.8 Å². The lowest BCUT2D eigenvalue weighted by Gasteiger charge is -2.10. The highest BCUT2D eigenvalue weighted by Gasteiger charge is 2.16. The third-order valence-electron chi connectivity index (χ3n) is 4.09. The molecule has 0 radical (unpaired) electrons. The Balaban J connectivity index is 1.88. The molecule has 1 aromatic heterocycles. The normalized spacial score (nSPS) is 10.3. The predicted molar refractivity (Wildman–Crippen MR) is 99.4 cm³/mol. The van der Waals surface area contributed by atoms with Crippen molar-refractivity contribution in [2.45, 2.75) is 6.42 Å². The van der Waals surface area contributed by atoms with Gasteiger partial charge in [-0.05, 0) is 42.5 Å². The summed E-state index contributed by atoms with van der Waals surface area (Å²) in [6.45, 7) is 0. The van der Waals surface area contributed by atoms with Crippen molar-refractivity contribution in [3.8, 4) is 28.5 Å². The zero-order valence-electron chi connectivity index (χ0n) is 15.3. The van der Waals surface area contributed by atoms with Gasteiger partial charge in [-0.15, -0.1) is 10.2 Å². The molecule has 0 N–H and O–H groups in total. The molecule has 0 atom stereocenters. The van der Waals surface area contributed by atoms with E-state index < -0.39 is 0 Å². The number of rotatable bonds is 7. The minimum atomic E-state index is -0.105. The molecule has 0 aliphatic rings. The Morgan fingerprint density at radius 2 is 1.67 bits per heavy atom. The van der Waals surface area contributed by atoms with Crippen LogP contribution in [0.3, 0.4) is 0 Å². The Hall–Kier alpha value is -3.48. The second-order valence-electron chi connectivity index (χ2n) is 5.65. The van der Waals surface area contributed by atoms with Crippen molar-refractivity contribution in [3.05, 3.63) is 60.0 Å². The summed E-state index contributed by atoms with van der Waals surface area (Å²) in [7, 11) is 4.68. The zero-order valence-corrected chi connectivity index (χ0v) is 15.3. The summed E-state index contributed by atoms with van der Waals surface area (Å²) in [4.78, 5) is 17.0. The first-order chi connectivity index (χ1) is 13.2. The molecular weight excluding hydrogens is 346 g/mol. The molecule has 3 rings (SSSR count). The molecule has 0 bridgehead atoms. The van der Waals surface area contributed by atoms with Gasteiger partial charge < -0.3 is 14.2 Å². The summed E-state index contributed by atoms with van der Waals surface area (Å²) in [5, 5.41) is 8.02. The van der Waals surface area contributed by atoms with Crippen LogP contribution in [0, 0.1) is 0 Å². The highest BCUT2D eigenvalue weighted by molar-refractivity contribution is 5.98. The fourth-order valence-corrected chi connectivity index (χ4v) is 2.66. The maximum atomic E-state index is 12.8. The molecule has 7 nitrogen and oxygen atoms in total. The number of nitrogens with zero attached hydrogens (tertiary/aromatic N) is 3. The molecule has 3 aromatic rings. The molecule has 0 unspecified atom stereocenters. The molecule has 1 heterocycles. The number of benzene rings is 2. The van der Waals surface area contributed by atoms with E-state index in [-0.39, 0.29) is 12.2 Å². The number of carbonyl (C=O) groups is 1. The van der Waals surface area contributed by atoms with E-state index in [1.807, 2.05) is 24.3 Å². The molecule has 0 saturated heterocycles. The second kappa shape index (κ2) is 8.27. The second-order valence-corrected chi connectivity index (χ2v) is 5.65. The number of ketones is 1. The lowest BCUT2D eigenvalue weighted by Crippen LogP contribution is -2.08. The van der Waals surface area contributed by atoms with Gasteiger partial charge in [0.15, 0.2) is 17.3 Å². The first-order valence-corrected chi connectivity index (χ1v) is 8.22. The Kier molecular flexibility index (Phi) is 5.61. The average molecular weight is 365 g/mol.